The second-order valence-electron chi connectivity index (χ2n) is 8.40. The Hall–Kier alpha value is -3.07. The van der Waals surface area contributed by atoms with E-state index in [1.807, 2.05) is 4.90 Å². The van der Waals surface area contributed by atoms with Crippen LogP contribution in [0.25, 0.3) is 11.4 Å². The van der Waals surface area contributed by atoms with Gasteiger partial charge in [-0.2, -0.15) is 0 Å². The highest BCUT2D eigenvalue weighted by Crippen LogP contribution is 2.26. The van der Waals surface area contributed by atoms with Crippen molar-refractivity contribution in [1.29, 1.82) is 0 Å². The number of aromatic nitrogens is 3. The van der Waals surface area contributed by atoms with Gasteiger partial charge in [-0.05, 0) is 69.3 Å². The number of halogens is 1. The second-order valence-corrected chi connectivity index (χ2v) is 9.35. The molecule has 0 N–H and O–H groups in total. The summed E-state index contributed by atoms with van der Waals surface area (Å²) < 4.78 is 15.3. The summed E-state index contributed by atoms with van der Waals surface area (Å²) in [4.78, 5) is 19.3. The second kappa shape index (κ2) is 11.6. The smallest absolute Gasteiger partial charge is 0.233 e. The normalized spacial score (nSPS) is 13.8. The maximum atomic E-state index is 13.2. The molecule has 35 heavy (non-hydrogen) atoms. The topological polar surface area (TPSA) is 57.5 Å². The van der Waals surface area contributed by atoms with E-state index in [1.54, 1.807) is 12.1 Å². The standard InChI is InChI=1S/C26H33FN6OS/c1-4-30(5-2)22-11-7-20(8-12-22)25-28-29-26(33(25)6-3)35-19-24(34)32-17-15-31(16-18-32)23-13-9-21(27)10-14-23/h7-14H,4-6,15-19H2,1-3H3. The van der Waals surface area contributed by atoms with Crippen LogP contribution >= 0.6 is 11.8 Å². The van der Waals surface area contributed by atoms with Gasteiger partial charge in [0.2, 0.25) is 5.91 Å². The highest BCUT2D eigenvalue weighted by atomic mass is 32.2. The van der Waals surface area contributed by atoms with E-state index in [2.05, 4.69) is 69.6 Å². The van der Waals surface area contributed by atoms with Gasteiger partial charge in [0.1, 0.15) is 5.82 Å². The fraction of sp³-hybridized carbons (Fsp3) is 0.423. The average molecular weight is 497 g/mol. The van der Waals surface area contributed by atoms with Gasteiger partial charge in [0, 0.05) is 62.8 Å². The molecule has 1 fully saturated rings. The van der Waals surface area contributed by atoms with Gasteiger partial charge in [0.15, 0.2) is 11.0 Å². The van der Waals surface area contributed by atoms with Crippen molar-refractivity contribution in [3.05, 3.63) is 54.3 Å². The van der Waals surface area contributed by atoms with Crippen LogP contribution in [0.15, 0.2) is 53.7 Å². The van der Waals surface area contributed by atoms with Crippen molar-refractivity contribution in [2.45, 2.75) is 32.5 Å². The molecule has 0 unspecified atom stereocenters. The molecule has 9 heteroatoms. The molecule has 0 spiro atoms. The lowest BCUT2D eigenvalue weighted by molar-refractivity contribution is -0.128. The van der Waals surface area contributed by atoms with Crippen molar-refractivity contribution in [1.82, 2.24) is 19.7 Å². The van der Waals surface area contributed by atoms with E-state index < -0.39 is 0 Å². The Morgan fingerprint density at radius 1 is 0.943 bits per heavy atom. The quantitative estimate of drug-likeness (QED) is 0.410. The number of nitrogens with zero attached hydrogens (tertiary/aromatic N) is 6. The summed E-state index contributed by atoms with van der Waals surface area (Å²) >= 11 is 1.44. The first-order chi connectivity index (χ1) is 17.0. The van der Waals surface area contributed by atoms with Gasteiger partial charge in [0.05, 0.1) is 5.75 Å². The van der Waals surface area contributed by atoms with Crippen LogP contribution in [0.3, 0.4) is 0 Å². The van der Waals surface area contributed by atoms with Crippen LogP contribution in [0.2, 0.25) is 0 Å². The van der Waals surface area contributed by atoms with Crippen LogP contribution in [0.1, 0.15) is 20.8 Å². The molecule has 4 rings (SSSR count). The van der Waals surface area contributed by atoms with Crippen LogP contribution in [-0.2, 0) is 11.3 Å². The third-order valence-corrected chi connectivity index (χ3v) is 7.39. The number of amides is 1. The first-order valence-electron chi connectivity index (χ1n) is 12.2. The van der Waals surface area contributed by atoms with Crippen molar-refractivity contribution in [2.24, 2.45) is 0 Å². The van der Waals surface area contributed by atoms with Crippen molar-refractivity contribution in [3.8, 4) is 11.4 Å². The van der Waals surface area contributed by atoms with Gasteiger partial charge in [-0.1, -0.05) is 11.8 Å². The first kappa shape index (κ1) is 25.0. The summed E-state index contributed by atoms with van der Waals surface area (Å²) in [6.45, 7) is 11.8. The van der Waals surface area contributed by atoms with E-state index >= 15 is 0 Å². The Bertz CT molecular complexity index is 1110. The molecule has 2 heterocycles. The fourth-order valence-electron chi connectivity index (χ4n) is 4.39. The number of hydrogen-bond acceptors (Lipinski definition) is 6. The Morgan fingerprint density at radius 3 is 2.20 bits per heavy atom. The summed E-state index contributed by atoms with van der Waals surface area (Å²) in [5.74, 6) is 1.01. The third kappa shape index (κ3) is 5.78. The van der Waals surface area contributed by atoms with E-state index in [4.69, 9.17) is 0 Å². The molecule has 186 valence electrons. The average Bonchev–Trinajstić information content (AvgIpc) is 3.32. The Kier molecular flexibility index (Phi) is 8.28. The highest BCUT2D eigenvalue weighted by Gasteiger charge is 2.22. The zero-order chi connectivity index (χ0) is 24.8. The summed E-state index contributed by atoms with van der Waals surface area (Å²) in [7, 11) is 0. The summed E-state index contributed by atoms with van der Waals surface area (Å²) in [6.07, 6.45) is 0. The van der Waals surface area contributed by atoms with E-state index in [1.165, 1.54) is 29.6 Å². The minimum absolute atomic E-state index is 0.101. The molecule has 0 saturated carbocycles. The zero-order valence-corrected chi connectivity index (χ0v) is 21.5. The lowest BCUT2D eigenvalue weighted by Gasteiger charge is -2.36. The predicted molar refractivity (Wildman–Crippen MR) is 141 cm³/mol. The van der Waals surface area contributed by atoms with E-state index in [9.17, 15) is 9.18 Å². The molecule has 1 amide bonds. The predicted octanol–water partition coefficient (Wildman–Crippen LogP) is 4.39. The lowest BCUT2D eigenvalue weighted by Crippen LogP contribution is -2.49. The molecule has 0 bridgehead atoms. The molecule has 1 aromatic heterocycles. The van der Waals surface area contributed by atoms with E-state index in [0.717, 1.165) is 55.0 Å². The number of hydrogen-bond donors (Lipinski definition) is 0. The molecule has 1 aliphatic rings. The number of rotatable bonds is 9. The summed E-state index contributed by atoms with van der Waals surface area (Å²) in [5.41, 5.74) is 3.20. The van der Waals surface area contributed by atoms with Crippen molar-refractivity contribution < 1.29 is 9.18 Å². The number of carbonyl (C=O) groups is 1. The number of benzene rings is 2. The van der Waals surface area contributed by atoms with Gasteiger partial charge in [-0.25, -0.2) is 4.39 Å². The van der Waals surface area contributed by atoms with E-state index in [0.29, 0.717) is 18.8 Å². The highest BCUT2D eigenvalue weighted by molar-refractivity contribution is 7.99. The first-order valence-corrected chi connectivity index (χ1v) is 13.2. The molecule has 0 radical (unpaired) electrons. The SMILES string of the molecule is CCN(CC)c1ccc(-c2nnc(SCC(=O)N3CCN(c4ccc(F)cc4)CC3)n2CC)cc1. The lowest BCUT2D eigenvalue weighted by atomic mass is 10.2. The number of carbonyl (C=O) groups excluding carboxylic acids is 1. The molecule has 3 aromatic rings. The Balaban J connectivity index is 1.34. The summed E-state index contributed by atoms with van der Waals surface area (Å²) in [6, 6.07) is 14.9. The van der Waals surface area contributed by atoms with E-state index in [-0.39, 0.29) is 11.7 Å². The molecular weight excluding hydrogens is 463 g/mol. The monoisotopic (exact) mass is 496 g/mol. The molecule has 1 saturated heterocycles. The van der Waals surface area contributed by atoms with Crippen LogP contribution in [-0.4, -0.2) is 70.6 Å². The van der Waals surface area contributed by atoms with Gasteiger partial charge in [-0.3, -0.25) is 4.79 Å². The van der Waals surface area contributed by atoms with Crippen LogP contribution in [0.4, 0.5) is 15.8 Å². The molecule has 0 aliphatic carbocycles. The Morgan fingerprint density at radius 2 is 1.60 bits per heavy atom. The minimum atomic E-state index is -0.237. The van der Waals surface area contributed by atoms with Crippen molar-refractivity contribution >= 4 is 29.0 Å². The summed E-state index contributed by atoms with van der Waals surface area (Å²) in [5, 5.41) is 9.58. The number of thioether (sulfide) groups is 1. The molecular formula is C26H33FN6OS. The molecule has 0 atom stereocenters. The minimum Gasteiger partial charge on any atom is -0.372 e. The maximum absolute atomic E-state index is 13.2. The van der Waals surface area contributed by atoms with Gasteiger partial charge in [-0.15, -0.1) is 10.2 Å². The van der Waals surface area contributed by atoms with Gasteiger partial charge >= 0.3 is 0 Å². The van der Waals surface area contributed by atoms with Crippen LogP contribution in [0, 0.1) is 5.82 Å². The third-order valence-electron chi connectivity index (χ3n) is 6.44. The van der Waals surface area contributed by atoms with Crippen molar-refractivity contribution in [2.75, 3.05) is 54.8 Å². The molecule has 2 aromatic carbocycles. The number of anilines is 2. The number of piperazine rings is 1. The Labute approximate surface area is 210 Å². The van der Waals surface area contributed by atoms with Gasteiger partial charge < -0.3 is 19.3 Å². The van der Waals surface area contributed by atoms with Crippen molar-refractivity contribution in [3.63, 3.8) is 0 Å². The van der Waals surface area contributed by atoms with Crippen LogP contribution < -0.4 is 9.80 Å². The largest absolute Gasteiger partial charge is 0.372 e. The maximum Gasteiger partial charge on any atom is 0.233 e. The zero-order valence-electron chi connectivity index (χ0n) is 20.7. The van der Waals surface area contributed by atoms with Gasteiger partial charge in [0.25, 0.3) is 0 Å². The molecule has 7 nitrogen and oxygen atoms in total. The fourth-order valence-corrected chi connectivity index (χ4v) is 5.29. The molecule has 1 aliphatic heterocycles. The van der Waals surface area contributed by atoms with Crippen LogP contribution in [0.5, 0.6) is 0 Å².